The van der Waals surface area contributed by atoms with Gasteiger partial charge >= 0.3 is 0 Å². The topological polar surface area (TPSA) is 35.7 Å². The van der Waals surface area contributed by atoms with E-state index in [2.05, 4.69) is 28.7 Å². The van der Waals surface area contributed by atoms with Gasteiger partial charge in [0, 0.05) is 51.9 Å². The van der Waals surface area contributed by atoms with Gasteiger partial charge in [-0.05, 0) is 32.4 Å². The average molecular weight is 268 g/mol. The average Bonchev–Trinajstić information content (AvgIpc) is 2.46. The molecule has 112 valence electrons. The van der Waals surface area contributed by atoms with Gasteiger partial charge in [0.1, 0.15) is 0 Å². The fourth-order valence-electron chi connectivity index (χ4n) is 3.65. The van der Waals surface area contributed by atoms with E-state index in [0.717, 1.165) is 12.5 Å². The Kier molecular flexibility index (Phi) is 6.07. The van der Waals surface area contributed by atoms with Crippen molar-refractivity contribution in [3.05, 3.63) is 0 Å². The maximum atomic E-state index is 6.02. The van der Waals surface area contributed by atoms with Crippen molar-refractivity contribution in [2.75, 3.05) is 59.4 Å². The van der Waals surface area contributed by atoms with Crippen LogP contribution in [0.25, 0.3) is 0 Å². The predicted molar refractivity (Wildman–Crippen MR) is 81.4 cm³/mol. The van der Waals surface area contributed by atoms with Crippen LogP contribution in [0.5, 0.6) is 0 Å². The van der Waals surface area contributed by atoms with E-state index in [0.29, 0.717) is 6.04 Å². The van der Waals surface area contributed by atoms with Crippen LogP contribution >= 0.6 is 0 Å². The predicted octanol–water partition coefficient (Wildman–Crippen LogP) is 0.683. The number of nitrogens with zero attached hydrogens (tertiary/aromatic N) is 3. The van der Waals surface area contributed by atoms with Crippen molar-refractivity contribution in [1.29, 1.82) is 0 Å². The maximum Gasteiger partial charge on any atom is 0.0247 e. The molecule has 2 fully saturated rings. The van der Waals surface area contributed by atoms with Crippen molar-refractivity contribution in [3.8, 4) is 0 Å². The normalized spacial score (nSPS) is 31.7. The van der Waals surface area contributed by atoms with Crippen LogP contribution in [0.4, 0.5) is 0 Å². The molecule has 19 heavy (non-hydrogen) atoms. The van der Waals surface area contributed by atoms with E-state index in [1.165, 1.54) is 65.1 Å². The number of rotatable bonds is 5. The zero-order chi connectivity index (χ0) is 13.7. The first-order valence-corrected chi connectivity index (χ1v) is 8.09. The van der Waals surface area contributed by atoms with Crippen LogP contribution in [-0.2, 0) is 0 Å². The fourth-order valence-corrected chi connectivity index (χ4v) is 3.65. The number of piperidine rings is 1. The zero-order valence-corrected chi connectivity index (χ0v) is 12.9. The van der Waals surface area contributed by atoms with Gasteiger partial charge in [0.2, 0.25) is 0 Å². The van der Waals surface area contributed by atoms with Gasteiger partial charge in [-0.2, -0.15) is 0 Å². The molecular formula is C15H32N4. The summed E-state index contributed by atoms with van der Waals surface area (Å²) in [6.45, 7) is 11.7. The highest BCUT2D eigenvalue weighted by Crippen LogP contribution is 2.25. The van der Waals surface area contributed by atoms with Crippen LogP contribution in [0.1, 0.15) is 26.2 Å². The van der Waals surface area contributed by atoms with Gasteiger partial charge < -0.3 is 10.6 Å². The van der Waals surface area contributed by atoms with Crippen molar-refractivity contribution in [2.45, 2.75) is 32.2 Å². The molecule has 0 saturated carbocycles. The lowest BCUT2D eigenvalue weighted by atomic mass is 9.87. The standard InChI is InChI=1S/C15H32N4/c1-3-14-5-4-6-19(15(14)13-16)12-11-18-9-7-17(2)8-10-18/h14-15H,3-13,16H2,1-2H3. The molecule has 2 saturated heterocycles. The summed E-state index contributed by atoms with van der Waals surface area (Å²) in [5, 5.41) is 0. The number of likely N-dealkylation sites (tertiary alicyclic amines) is 1. The van der Waals surface area contributed by atoms with Gasteiger partial charge in [-0.3, -0.25) is 9.80 Å². The lowest BCUT2D eigenvalue weighted by Gasteiger charge is -2.42. The Labute approximate surface area is 118 Å². The molecule has 0 aromatic heterocycles. The van der Waals surface area contributed by atoms with Crippen LogP contribution < -0.4 is 5.73 Å². The molecule has 2 unspecified atom stereocenters. The van der Waals surface area contributed by atoms with Crippen molar-refractivity contribution in [3.63, 3.8) is 0 Å². The third kappa shape index (κ3) is 4.15. The van der Waals surface area contributed by atoms with Crippen molar-refractivity contribution in [2.24, 2.45) is 11.7 Å². The quantitative estimate of drug-likeness (QED) is 0.795. The summed E-state index contributed by atoms with van der Waals surface area (Å²) in [5.41, 5.74) is 6.02. The molecule has 0 bridgehead atoms. The van der Waals surface area contributed by atoms with Crippen molar-refractivity contribution in [1.82, 2.24) is 14.7 Å². The van der Waals surface area contributed by atoms with Gasteiger partial charge in [-0.25, -0.2) is 0 Å². The highest BCUT2D eigenvalue weighted by atomic mass is 15.3. The third-order valence-corrected chi connectivity index (χ3v) is 5.10. The maximum absolute atomic E-state index is 6.02. The minimum atomic E-state index is 0.631. The molecule has 2 aliphatic heterocycles. The van der Waals surface area contributed by atoms with Crippen LogP contribution in [0.3, 0.4) is 0 Å². The summed E-state index contributed by atoms with van der Waals surface area (Å²) in [6, 6.07) is 0.631. The number of nitrogens with two attached hydrogens (primary N) is 1. The monoisotopic (exact) mass is 268 g/mol. The van der Waals surface area contributed by atoms with Crippen LogP contribution in [0.2, 0.25) is 0 Å². The SMILES string of the molecule is CCC1CCCN(CCN2CCN(C)CC2)C1CN. The smallest absolute Gasteiger partial charge is 0.0247 e. The molecule has 0 aromatic rings. The Morgan fingerprint density at radius 2 is 1.79 bits per heavy atom. The molecule has 2 aliphatic rings. The molecule has 0 aromatic carbocycles. The summed E-state index contributed by atoms with van der Waals surface area (Å²) in [6.07, 6.45) is 4.02. The molecular weight excluding hydrogens is 236 g/mol. The lowest BCUT2D eigenvalue weighted by molar-refractivity contribution is 0.0721. The molecule has 2 rings (SSSR count). The minimum Gasteiger partial charge on any atom is -0.329 e. The van der Waals surface area contributed by atoms with E-state index in [1.807, 2.05) is 0 Å². The number of hydrogen-bond acceptors (Lipinski definition) is 4. The molecule has 0 radical (unpaired) electrons. The van der Waals surface area contributed by atoms with E-state index in [9.17, 15) is 0 Å². The Balaban J connectivity index is 1.77. The Hall–Kier alpha value is -0.160. The Bertz CT molecular complexity index is 251. The van der Waals surface area contributed by atoms with E-state index in [1.54, 1.807) is 0 Å². The minimum absolute atomic E-state index is 0.631. The molecule has 4 nitrogen and oxygen atoms in total. The second-order valence-corrected chi connectivity index (χ2v) is 6.29. The lowest BCUT2D eigenvalue weighted by Crippen LogP contribution is -2.53. The van der Waals surface area contributed by atoms with Crippen molar-refractivity contribution < 1.29 is 0 Å². The molecule has 0 spiro atoms. The summed E-state index contributed by atoms with van der Waals surface area (Å²) in [4.78, 5) is 7.70. The van der Waals surface area contributed by atoms with Crippen LogP contribution in [-0.4, -0.2) is 80.1 Å². The first-order chi connectivity index (χ1) is 9.24. The third-order valence-electron chi connectivity index (χ3n) is 5.10. The summed E-state index contributed by atoms with van der Waals surface area (Å²) >= 11 is 0. The summed E-state index contributed by atoms with van der Waals surface area (Å²) in [7, 11) is 2.22. The molecule has 4 heteroatoms. The molecule has 2 heterocycles. The highest BCUT2D eigenvalue weighted by Gasteiger charge is 2.29. The second-order valence-electron chi connectivity index (χ2n) is 6.29. The molecule has 0 aliphatic carbocycles. The Morgan fingerprint density at radius 1 is 1.05 bits per heavy atom. The van der Waals surface area contributed by atoms with Gasteiger partial charge in [0.15, 0.2) is 0 Å². The van der Waals surface area contributed by atoms with Crippen LogP contribution in [0, 0.1) is 5.92 Å². The first kappa shape index (κ1) is 15.2. The molecule has 2 atom stereocenters. The highest BCUT2D eigenvalue weighted by molar-refractivity contribution is 4.85. The van der Waals surface area contributed by atoms with Crippen molar-refractivity contribution >= 4 is 0 Å². The number of piperazine rings is 1. The number of hydrogen-bond donors (Lipinski definition) is 1. The largest absolute Gasteiger partial charge is 0.329 e. The van der Waals surface area contributed by atoms with Crippen LogP contribution in [0.15, 0.2) is 0 Å². The van der Waals surface area contributed by atoms with E-state index in [-0.39, 0.29) is 0 Å². The molecule has 2 N–H and O–H groups in total. The zero-order valence-electron chi connectivity index (χ0n) is 12.9. The fraction of sp³-hybridized carbons (Fsp3) is 1.00. The first-order valence-electron chi connectivity index (χ1n) is 8.09. The van der Waals surface area contributed by atoms with Gasteiger partial charge in [0.05, 0.1) is 0 Å². The van der Waals surface area contributed by atoms with E-state index < -0.39 is 0 Å². The van der Waals surface area contributed by atoms with Gasteiger partial charge in [-0.15, -0.1) is 0 Å². The van der Waals surface area contributed by atoms with E-state index in [4.69, 9.17) is 5.73 Å². The molecule has 0 amide bonds. The van der Waals surface area contributed by atoms with E-state index >= 15 is 0 Å². The number of likely N-dealkylation sites (N-methyl/N-ethyl adjacent to an activating group) is 1. The summed E-state index contributed by atoms with van der Waals surface area (Å²) < 4.78 is 0. The van der Waals surface area contributed by atoms with Gasteiger partial charge in [-0.1, -0.05) is 13.3 Å². The second kappa shape index (κ2) is 7.58. The van der Waals surface area contributed by atoms with Gasteiger partial charge in [0.25, 0.3) is 0 Å². The Morgan fingerprint density at radius 3 is 2.42 bits per heavy atom. The summed E-state index contributed by atoms with van der Waals surface area (Å²) in [5.74, 6) is 0.825.